The molecule has 0 spiro atoms. The van der Waals surface area contributed by atoms with Crippen LogP contribution < -0.4 is 4.72 Å². The largest absolute Gasteiger partial charge is 0.265 e. The molecule has 1 unspecified atom stereocenters. The molecule has 6 heteroatoms. The van der Waals surface area contributed by atoms with Crippen LogP contribution >= 0.6 is 15.9 Å². The van der Waals surface area contributed by atoms with Crippen LogP contribution in [0.25, 0.3) is 0 Å². The Morgan fingerprint density at radius 2 is 1.54 bits per heavy atom. The maximum absolute atomic E-state index is 12.8. The molecule has 1 aromatic heterocycles. The number of sulfonamides is 1. The Bertz CT molecular complexity index is 877. The van der Waals surface area contributed by atoms with Gasteiger partial charge in [0.15, 0.2) is 0 Å². The van der Waals surface area contributed by atoms with Gasteiger partial charge in [-0.3, -0.25) is 4.98 Å². The van der Waals surface area contributed by atoms with E-state index in [1.54, 1.807) is 48.8 Å². The van der Waals surface area contributed by atoms with Crippen LogP contribution in [0.4, 0.5) is 0 Å². The van der Waals surface area contributed by atoms with Gasteiger partial charge in [0.05, 0.1) is 10.9 Å². The van der Waals surface area contributed by atoms with Gasteiger partial charge in [-0.25, -0.2) is 8.42 Å². The molecule has 0 aliphatic heterocycles. The minimum absolute atomic E-state index is 0.215. The number of nitrogens with zero attached hydrogens (tertiary/aromatic N) is 1. The number of halogens is 1. The van der Waals surface area contributed by atoms with Gasteiger partial charge in [0.2, 0.25) is 10.0 Å². The van der Waals surface area contributed by atoms with Crippen LogP contribution in [0, 0.1) is 0 Å². The average molecular weight is 403 g/mol. The lowest BCUT2D eigenvalue weighted by Crippen LogP contribution is -2.29. The van der Waals surface area contributed by atoms with E-state index >= 15 is 0 Å². The molecule has 1 heterocycles. The fourth-order valence-electron chi connectivity index (χ4n) is 2.39. The number of hydrogen-bond donors (Lipinski definition) is 1. The highest BCUT2D eigenvalue weighted by Crippen LogP contribution is 2.25. The van der Waals surface area contributed by atoms with E-state index in [-0.39, 0.29) is 4.90 Å². The SMILES string of the molecule is O=S(=O)(NC(c1ccccc1)c1ccncc1)c1cccc(Br)c1. The number of benzene rings is 2. The third-order valence-electron chi connectivity index (χ3n) is 3.55. The molecule has 24 heavy (non-hydrogen) atoms. The smallest absolute Gasteiger partial charge is 0.241 e. The van der Waals surface area contributed by atoms with Gasteiger partial charge >= 0.3 is 0 Å². The molecule has 3 aromatic rings. The lowest BCUT2D eigenvalue weighted by Gasteiger charge is -2.20. The van der Waals surface area contributed by atoms with Crippen LogP contribution in [0.5, 0.6) is 0 Å². The van der Waals surface area contributed by atoms with Crippen LogP contribution in [0.3, 0.4) is 0 Å². The molecule has 0 fully saturated rings. The Labute approximate surface area is 149 Å². The molecule has 122 valence electrons. The van der Waals surface area contributed by atoms with Crippen LogP contribution in [-0.2, 0) is 10.0 Å². The summed E-state index contributed by atoms with van der Waals surface area (Å²) in [5.41, 5.74) is 1.69. The van der Waals surface area contributed by atoms with E-state index in [2.05, 4.69) is 25.6 Å². The lowest BCUT2D eigenvalue weighted by atomic mass is 10.0. The zero-order chi connectivity index (χ0) is 17.0. The topological polar surface area (TPSA) is 59.1 Å². The molecule has 1 atom stereocenters. The van der Waals surface area contributed by atoms with Gasteiger partial charge in [0.25, 0.3) is 0 Å². The van der Waals surface area contributed by atoms with Crippen molar-refractivity contribution in [2.24, 2.45) is 0 Å². The molecule has 0 radical (unpaired) electrons. The first kappa shape index (κ1) is 16.8. The van der Waals surface area contributed by atoms with Crippen molar-refractivity contribution in [1.29, 1.82) is 0 Å². The third-order valence-corrected chi connectivity index (χ3v) is 5.47. The second-order valence-electron chi connectivity index (χ2n) is 5.20. The van der Waals surface area contributed by atoms with E-state index in [0.29, 0.717) is 4.47 Å². The van der Waals surface area contributed by atoms with Gasteiger partial charge in [-0.1, -0.05) is 52.3 Å². The highest BCUT2D eigenvalue weighted by atomic mass is 79.9. The molecular formula is C18H15BrN2O2S. The molecular weight excluding hydrogens is 388 g/mol. The Hall–Kier alpha value is -2.02. The predicted molar refractivity (Wildman–Crippen MR) is 97.0 cm³/mol. The molecule has 3 rings (SSSR count). The maximum atomic E-state index is 12.8. The molecule has 0 saturated carbocycles. The van der Waals surface area contributed by atoms with Crippen LogP contribution in [0.15, 0.2) is 88.5 Å². The summed E-state index contributed by atoms with van der Waals surface area (Å²) >= 11 is 3.31. The minimum atomic E-state index is -3.68. The molecule has 0 aliphatic rings. The number of pyridine rings is 1. The lowest BCUT2D eigenvalue weighted by molar-refractivity contribution is 0.572. The fraction of sp³-hybridized carbons (Fsp3) is 0.0556. The number of hydrogen-bond acceptors (Lipinski definition) is 3. The zero-order valence-electron chi connectivity index (χ0n) is 12.6. The first-order valence-corrected chi connectivity index (χ1v) is 9.57. The second kappa shape index (κ2) is 7.25. The van der Waals surface area contributed by atoms with Gasteiger partial charge in [-0.2, -0.15) is 4.72 Å². The van der Waals surface area contributed by atoms with Crippen LogP contribution in [0.2, 0.25) is 0 Å². The van der Waals surface area contributed by atoms with Gasteiger partial charge < -0.3 is 0 Å². The van der Waals surface area contributed by atoms with Crippen molar-refractivity contribution in [1.82, 2.24) is 9.71 Å². The zero-order valence-corrected chi connectivity index (χ0v) is 15.0. The molecule has 0 bridgehead atoms. The average Bonchev–Trinajstić information content (AvgIpc) is 2.61. The quantitative estimate of drug-likeness (QED) is 0.703. The van der Waals surface area contributed by atoms with Crippen molar-refractivity contribution in [3.8, 4) is 0 Å². The summed E-state index contributed by atoms with van der Waals surface area (Å²) in [5, 5.41) is 0. The third kappa shape index (κ3) is 3.90. The van der Waals surface area contributed by atoms with E-state index in [0.717, 1.165) is 11.1 Å². The molecule has 1 N–H and O–H groups in total. The summed E-state index contributed by atoms with van der Waals surface area (Å²) in [6, 6.07) is 19.2. The van der Waals surface area contributed by atoms with E-state index in [4.69, 9.17) is 0 Å². The van der Waals surface area contributed by atoms with E-state index in [1.165, 1.54) is 0 Å². The van der Waals surface area contributed by atoms with Crippen molar-refractivity contribution in [3.05, 3.63) is 94.7 Å². The van der Waals surface area contributed by atoms with Crippen LogP contribution in [-0.4, -0.2) is 13.4 Å². The van der Waals surface area contributed by atoms with Crippen molar-refractivity contribution in [3.63, 3.8) is 0 Å². The van der Waals surface area contributed by atoms with Crippen LogP contribution in [0.1, 0.15) is 17.2 Å². The highest BCUT2D eigenvalue weighted by molar-refractivity contribution is 9.10. The van der Waals surface area contributed by atoms with Gasteiger partial charge in [-0.05, 0) is 41.5 Å². The fourth-order valence-corrected chi connectivity index (χ4v) is 4.20. The Morgan fingerprint density at radius 3 is 2.21 bits per heavy atom. The Kier molecular flexibility index (Phi) is 5.08. The normalized spacial score (nSPS) is 12.7. The molecule has 0 aliphatic carbocycles. The first-order valence-electron chi connectivity index (χ1n) is 7.29. The summed E-state index contributed by atoms with van der Waals surface area (Å²) in [4.78, 5) is 4.22. The van der Waals surface area contributed by atoms with Gasteiger partial charge in [-0.15, -0.1) is 0 Å². The van der Waals surface area contributed by atoms with Crippen molar-refractivity contribution < 1.29 is 8.42 Å². The van der Waals surface area contributed by atoms with E-state index < -0.39 is 16.1 Å². The second-order valence-corrected chi connectivity index (χ2v) is 7.83. The standard InChI is InChI=1S/C18H15BrN2O2S/c19-16-7-4-8-17(13-16)24(22,23)21-18(14-5-2-1-3-6-14)15-9-11-20-12-10-15/h1-13,18,21H. The minimum Gasteiger partial charge on any atom is -0.265 e. The molecule has 4 nitrogen and oxygen atoms in total. The number of nitrogens with one attached hydrogen (secondary N) is 1. The number of rotatable bonds is 5. The summed E-state index contributed by atoms with van der Waals surface area (Å²) in [7, 11) is -3.68. The monoisotopic (exact) mass is 402 g/mol. The Balaban J connectivity index is 2.01. The summed E-state index contributed by atoms with van der Waals surface area (Å²) in [5.74, 6) is 0. The summed E-state index contributed by atoms with van der Waals surface area (Å²) in [6.07, 6.45) is 3.30. The van der Waals surface area contributed by atoms with Crippen molar-refractivity contribution in [2.75, 3.05) is 0 Å². The van der Waals surface area contributed by atoms with E-state index in [1.807, 2.05) is 30.3 Å². The van der Waals surface area contributed by atoms with E-state index in [9.17, 15) is 8.42 Å². The maximum Gasteiger partial charge on any atom is 0.241 e. The first-order chi connectivity index (χ1) is 11.6. The molecule has 0 saturated heterocycles. The molecule has 0 amide bonds. The van der Waals surface area contributed by atoms with Crippen molar-refractivity contribution in [2.45, 2.75) is 10.9 Å². The summed E-state index contributed by atoms with van der Waals surface area (Å²) in [6.45, 7) is 0. The Morgan fingerprint density at radius 1 is 0.875 bits per heavy atom. The number of aromatic nitrogens is 1. The molecule has 2 aromatic carbocycles. The van der Waals surface area contributed by atoms with Gasteiger partial charge in [0, 0.05) is 16.9 Å². The van der Waals surface area contributed by atoms with Crippen molar-refractivity contribution >= 4 is 26.0 Å². The summed E-state index contributed by atoms with van der Waals surface area (Å²) < 4.78 is 29.1. The van der Waals surface area contributed by atoms with Gasteiger partial charge in [0.1, 0.15) is 0 Å². The highest BCUT2D eigenvalue weighted by Gasteiger charge is 2.23. The predicted octanol–water partition coefficient (Wildman–Crippen LogP) is 3.91.